The number of halogens is 1. The van der Waals surface area contributed by atoms with E-state index in [1.54, 1.807) is 14.2 Å². The van der Waals surface area contributed by atoms with Crippen molar-refractivity contribution in [2.45, 2.75) is 31.7 Å². The predicted octanol–water partition coefficient (Wildman–Crippen LogP) is 3.60. The Kier molecular flexibility index (Phi) is 5.83. The Bertz CT molecular complexity index is 526. The van der Waals surface area contributed by atoms with Crippen molar-refractivity contribution in [3.05, 3.63) is 22.2 Å². The predicted molar refractivity (Wildman–Crippen MR) is 96.4 cm³/mol. The van der Waals surface area contributed by atoms with E-state index in [9.17, 15) is 0 Å². The summed E-state index contributed by atoms with van der Waals surface area (Å²) in [4.78, 5) is 2.64. The third-order valence-corrected chi connectivity index (χ3v) is 5.83. The fraction of sp³-hybridized carbons (Fsp3) is 0.667. The molecule has 2 fully saturated rings. The van der Waals surface area contributed by atoms with Crippen LogP contribution in [0.25, 0.3) is 0 Å². The molecule has 0 amide bonds. The van der Waals surface area contributed by atoms with Gasteiger partial charge in [-0.1, -0.05) is 12.8 Å². The van der Waals surface area contributed by atoms with Gasteiger partial charge in [-0.3, -0.25) is 4.90 Å². The Balaban J connectivity index is 2.00. The Hall–Kier alpha value is -0.780. The molecule has 3 rings (SSSR count). The van der Waals surface area contributed by atoms with Crippen LogP contribution in [0.15, 0.2) is 16.6 Å². The molecule has 0 radical (unpaired) electrons. The summed E-state index contributed by atoms with van der Waals surface area (Å²) in [5, 5.41) is 3.47. The van der Waals surface area contributed by atoms with E-state index >= 15 is 0 Å². The van der Waals surface area contributed by atoms with E-state index in [1.807, 2.05) is 0 Å². The lowest BCUT2D eigenvalue weighted by molar-refractivity contribution is 0.123. The topological polar surface area (TPSA) is 33.7 Å². The lowest BCUT2D eigenvalue weighted by Crippen LogP contribution is -2.46. The van der Waals surface area contributed by atoms with Gasteiger partial charge in [-0.05, 0) is 46.8 Å². The smallest absolute Gasteiger partial charge is 0.133 e. The first-order chi connectivity index (χ1) is 11.2. The summed E-state index contributed by atoms with van der Waals surface area (Å²) >= 11 is 3.58. The summed E-state index contributed by atoms with van der Waals surface area (Å²) in [5.41, 5.74) is 1.28. The van der Waals surface area contributed by atoms with Crippen LogP contribution in [0.3, 0.4) is 0 Å². The molecule has 1 saturated carbocycles. The molecule has 1 saturated heterocycles. The number of hydrogen-bond acceptors (Lipinski definition) is 4. The van der Waals surface area contributed by atoms with Gasteiger partial charge in [-0.15, -0.1) is 0 Å². The molecule has 1 atom stereocenters. The maximum atomic E-state index is 5.73. The summed E-state index contributed by atoms with van der Waals surface area (Å²) < 4.78 is 12.2. The van der Waals surface area contributed by atoms with Crippen LogP contribution in [0.5, 0.6) is 11.5 Å². The zero-order chi connectivity index (χ0) is 16.2. The van der Waals surface area contributed by atoms with E-state index in [1.165, 1.54) is 31.2 Å². The van der Waals surface area contributed by atoms with Gasteiger partial charge in [0.05, 0.1) is 18.7 Å². The van der Waals surface area contributed by atoms with Gasteiger partial charge in [0.25, 0.3) is 0 Å². The average Bonchev–Trinajstić information content (AvgIpc) is 3.11. The quantitative estimate of drug-likeness (QED) is 0.843. The molecule has 4 nitrogen and oxygen atoms in total. The summed E-state index contributed by atoms with van der Waals surface area (Å²) in [6.07, 6.45) is 5.33. The molecule has 0 aromatic heterocycles. The molecule has 23 heavy (non-hydrogen) atoms. The summed E-state index contributed by atoms with van der Waals surface area (Å²) in [6, 6.07) is 4.66. The van der Waals surface area contributed by atoms with Crippen molar-refractivity contribution in [1.82, 2.24) is 10.2 Å². The van der Waals surface area contributed by atoms with Crippen molar-refractivity contribution in [1.29, 1.82) is 0 Å². The standard InChI is InChI=1S/C18H27BrN2O2/c1-22-16-12-15(19)17(23-2)11-14(16)18(13-5-3-4-6-13)21-9-7-20-8-10-21/h11-13,18,20H,3-10H2,1-2H3/t18-/m0/s1. The van der Waals surface area contributed by atoms with Gasteiger partial charge >= 0.3 is 0 Å². The van der Waals surface area contributed by atoms with Crippen molar-refractivity contribution in [3.63, 3.8) is 0 Å². The number of hydrogen-bond donors (Lipinski definition) is 1. The number of piperazine rings is 1. The molecule has 1 N–H and O–H groups in total. The maximum absolute atomic E-state index is 5.73. The molecule has 0 unspecified atom stereocenters. The first kappa shape index (κ1) is 17.1. The second-order valence-corrected chi connectivity index (χ2v) is 7.36. The van der Waals surface area contributed by atoms with Crippen LogP contribution in [0, 0.1) is 5.92 Å². The van der Waals surface area contributed by atoms with Gasteiger partial charge in [0.2, 0.25) is 0 Å². The molecule has 5 heteroatoms. The number of rotatable bonds is 5. The molecule has 2 aliphatic rings. The Morgan fingerprint density at radius 3 is 2.35 bits per heavy atom. The van der Waals surface area contributed by atoms with E-state index in [4.69, 9.17) is 9.47 Å². The van der Waals surface area contributed by atoms with Crippen LogP contribution >= 0.6 is 15.9 Å². The molecule has 0 bridgehead atoms. The fourth-order valence-corrected chi connectivity index (χ4v) is 4.58. The highest BCUT2D eigenvalue weighted by molar-refractivity contribution is 9.10. The van der Waals surface area contributed by atoms with Crippen LogP contribution in [-0.2, 0) is 0 Å². The Labute approximate surface area is 147 Å². The van der Waals surface area contributed by atoms with Crippen molar-refractivity contribution < 1.29 is 9.47 Å². The van der Waals surface area contributed by atoms with Gasteiger partial charge in [-0.25, -0.2) is 0 Å². The SMILES string of the molecule is COc1cc([C@H](C2CCCC2)N2CCNCC2)c(OC)cc1Br. The number of ether oxygens (including phenoxy) is 2. The second kappa shape index (κ2) is 7.86. The van der Waals surface area contributed by atoms with Gasteiger partial charge in [0, 0.05) is 37.8 Å². The van der Waals surface area contributed by atoms with Crippen molar-refractivity contribution in [3.8, 4) is 11.5 Å². The lowest BCUT2D eigenvalue weighted by Gasteiger charge is -2.39. The van der Waals surface area contributed by atoms with Crippen LogP contribution in [0.2, 0.25) is 0 Å². The minimum atomic E-state index is 0.427. The molecular weight excluding hydrogens is 356 g/mol. The van der Waals surface area contributed by atoms with Gasteiger partial charge in [0.15, 0.2) is 0 Å². The molecular formula is C18H27BrN2O2. The molecule has 1 aliphatic carbocycles. The Morgan fingerprint density at radius 1 is 1.09 bits per heavy atom. The van der Waals surface area contributed by atoms with E-state index < -0.39 is 0 Å². The monoisotopic (exact) mass is 382 g/mol. The van der Waals surface area contributed by atoms with Crippen LogP contribution in [-0.4, -0.2) is 45.3 Å². The summed E-state index contributed by atoms with van der Waals surface area (Å²) in [5.74, 6) is 2.57. The lowest BCUT2D eigenvalue weighted by atomic mass is 9.89. The highest BCUT2D eigenvalue weighted by Crippen LogP contribution is 2.45. The van der Waals surface area contributed by atoms with Crippen LogP contribution in [0.4, 0.5) is 0 Å². The second-order valence-electron chi connectivity index (χ2n) is 6.50. The minimum absolute atomic E-state index is 0.427. The maximum Gasteiger partial charge on any atom is 0.133 e. The average molecular weight is 383 g/mol. The fourth-order valence-electron chi connectivity index (χ4n) is 4.10. The van der Waals surface area contributed by atoms with E-state index in [0.29, 0.717) is 12.0 Å². The molecule has 1 aromatic rings. The van der Waals surface area contributed by atoms with Gasteiger partial charge in [-0.2, -0.15) is 0 Å². The molecule has 1 heterocycles. The number of nitrogens with zero attached hydrogens (tertiary/aromatic N) is 1. The van der Waals surface area contributed by atoms with Crippen LogP contribution < -0.4 is 14.8 Å². The molecule has 128 valence electrons. The van der Waals surface area contributed by atoms with Crippen molar-refractivity contribution in [2.24, 2.45) is 5.92 Å². The largest absolute Gasteiger partial charge is 0.496 e. The number of methoxy groups -OCH3 is 2. The van der Waals surface area contributed by atoms with Crippen molar-refractivity contribution in [2.75, 3.05) is 40.4 Å². The zero-order valence-electron chi connectivity index (χ0n) is 14.1. The third-order valence-electron chi connectivity index (χ3n) is 5.21. The van der Waals surface area contributed by atoms with Crippen molar-refractivity contribution >= 4 is 15.9 Å². The van der Waals surface area contributed by atoms with E-state index in [-0.39, 0.29) is 0 Å². The zero-order valence-corrected chi connectivity index (χ0v) is 15.7. The summed E-state index contributed by atoms with van der Waals surface area (Å²) in [6.45, 7) is 4.34. The van der Waals surface area contributed by atoms with E-state index in [2.05, 4.69) is 38.3 Å². The first-order valence-electron chi connectivity index (χ1n) is 8.60. The minimum Gasteiger partial charge on any atom is -0.496 e. The highest BCUT2D eigenvalue weighted by atomic mass is 79.9. The van der Waals surface area contributed by atoms with E-state index in [0.717, 1.165) is 42.2 Å². The van der Waals surface area contributed by atoms with Gasteiger partial charge in [0.1, 0.15) is 11.5 Å². The van der Waals surface area contributed by atoms with Gasteiger partial charge < -0.3 is 14.8 Å². The number of nitrogens with one attached hydrogen (secondary N) is 1. The summed E-state index contributed by atoms with van der Waals surface area (Å²) in [7, 11) is 3.49. The third kappa shape index (κ3) is 3.67. The number of benzene rings is 1. The Morgan fingerprint density at radius 2 is 1.74 bits per heavy atom. The van der Waals surface area contributed by atoms with Crippen LogP contribution in [0.1, 0.15) is 37.3 Å². The highest BCUT2D eigenvalue weighted by Gasteiger charge is 2.34. The molecule has 1 aromatic carbocycles. The first-order valence-corrected chi connectivity index (χ1v) is 9.40. The normalized spacial score (nSPS) is 21.3. The molecule has 1 aliphatic heterocycles. The molecule has 0 spiro atoms.